The first-order valence-corrected chi connectivity index (χ1v) is 11.0. The van der Waals surface area contributed by atoms with E-state index in [0.29, 0.717) is 12.5 Å². The number of nitrogens with one attached hydrogen (secondary N) is 1. The number of pyridine rings is 1. The number of hydrogen-bond donors (Lipinski definition) is 1. The fourth-order valence-electron chi connectivity index (χ4n) is 3.92. The van der Waals surface area contributed by atoms with Crippen LogP contribution in [-0.2, 0) is 11.2 Å². The van der Waals surface area contributed by atoms with Crippen molar-refractivity contribution in [2.45, 2.75) is 25.3 Å². The highest BCUT2D eigenvalue weighted by atomic mass is 32.1. The van der Waals surface area contributed by atoms with E-state index in [1.54, 1.807) is 17.5 Å². The fourth-order valence-corrected chi connectivity index (χ4v) is 4.63. The van der Waals surface area contributed by atoms with Gasteiger partial charge in [0.25, 0.3) is 0 Å². The molecular formula is C23H26N4OS. The molecule has 3 aromatic rings. The zero-order valence-electron chi connectivity index (χ0n) is 16.4. The van der Waals surface area contributed by atoms with Crippen LogP contribution < -0.4 is 5.32 Å². The third-order valence-corrected chi connectivity index (χ3v) is 6.30. The molecule has 1 saturated heterocycles. The van der Waals surface area contributed by atoms with E-state index in [1.165, 1.54) is 5.56 Å². The van der Waals surface area contributed by atoms with E-state index in [0.717, 1.165) is 42.9 Å². The molecule has 3 heterocycles. The molecule has 1 aliphatic rings. The summed E-state index contributed by atoms with van der Waals surface area (Å²) in [6, 6.07) is 14.0. The van der Waals surface area contributed by atoms with Gasteiger partial charge in [0.1, 0.15) is 11.0 Å². The van der Waals surface area contributed by atoms with E-state index < -0.39 is 0 Å². The first-order chi connectivity index (χ1) is 14.3. The van der Waals surface area contributed by atoms with Crippen LogP contribution in [0.2, 0.25) is 0 Å². The van der Waals surface area contributed by atoms with Crippen molar-refractivity contribution in [2.24, 2.45) is 5.92 Å². The lowest BCUT2D eigenvalue weighted by atomic mass is 9.91. The molecule has 1 N–H and O–H groups in total. The maximum atomic E-state index is 12.8. The minimum Gasteiger partial charge on any atom is -0.342 e. The van der Waals surface area contributed by atoms with Crippen molar-refractivity contribution in [1.29, 1.82) is 0 Å². The number of amides is 1. The number of benzene rings is 1. The number of piperidine rings is 1. The summed E-state index contributed by atoms with van der Waals surface area (Å²) in [7, 11) is 0. The Morgan fingerprint density at radius 3 is 2.66 bits per heavy atom. The lowest BCUT2D eigenvalue weighted by Crippen LogP contribution is -2.42. The quantitative estimate of drug-likeness (QED) is 0.650. The Bertz CT molecular complexity index is 878. The Morgan fingerprint density at radius 1 is 1.14 bits per heavy atom. The minimum absolute atomic E-state index is 0.0553. The Balaban J connectivity index is 1.30. The maximum absolute atomic E-state index is 12.8. The molecule has 6 heteroatoms. The fraction of sp³-hybridized carbons (Fsp3) is 0.348. The first kappa shape index (κ1) is 19.7. The van der Waals surface area contributed by atoms with E-state index in [1.807, 2.05) is 54.2 Å². The highest BCUT2D eigenvalue weighted by molar-refractivity contribution is 7.09. The molecule has 1 aliphatic heterocycles. The number of thiazole rings is 1. The molecule has 4 rings (SSSR count). The highest BCUT2D eigenvalue weighted by Crippen LogP contribution is 2.24. The second kappa shape index (κ2) is 9.76. The zero-order chi connectivity index (χ0) is 19.9. The van der Waals surface area contributed by atoms with Crippen LogP contribution in [0.15, 0.2) is 66.4 Å². The van der Waals surface area contributed by atoms with Crippen LogP contribution in [-0.4, -0.2) is 40.4 Å². The molecule has 1 aromatic carbocycles. The molecule has 2 aromatic heterocycles. The number of carbonyl (C=O) groups is 1. The second-order valence-corrected chi connectivity index (χ2v) is 8.49. The van der Waals surface area contributed by atoms with Crippen molar-refractivity contribution in [2.75, 3.05) is 19.6 Å². The lowest BCUT2D eigenvalue weighted by Gasteiger charge is -2.31. The molecule has 0 aliphatic carbocycles. The summed E-state index contributed by atoms with van der Waals surface area (Å²) in [6.07, 6.45) is 8.89. The van der Waals surface area contributed by atoms with Gasteiger partial charge < -0.3 is 5.32 Å². The topological polar surface area (TPSA) is 58.1 Å². The Hall–Kier alpha value is -2.57. The molecule has 0 saturated carbocycles. The summed E-state index contributed by atoms with van der Waals surface area (Å²) in [5.41, 5.74) is 2.36. The maximum Gasteiger partial charge on any atom is 0.235 e. The van der Waals surface area contributed by atoms with Crippen molar-refractivity contribution in [1.82, 2.24) is 20.2 Å². The van der Waals surface area contributed by atoms with Gasteiger partial charge in [0.05, 0.1) is 6.54 Å². The van der Waals surface area contributed by atoms with Crippen molar-refractivity contribution in [3.63, 3.8) is 0 Å². The molecule has 1 fully saturated rings. The standard InChI is InChI=1S/C23H26N4OS/c28-21(26-22(23-25-11-14-29-23)20-6-2-1-3-7-20)17-27-12-8-18(9-13-27)15-19-5-4-10-24-16-19/h1-7,10-11,14,16,18,22H,8-9,12-13,15,17H2,(H,26,28). The van der Waals surface area contributed by atoms with Crippen molar-refractivity contribution in [3.8, 4) is 0 Å². The monoisotopic (exact) mass is 406 g/mol. The molecule has 29 heavy (non-hydrogen) atoms. The van der Waals surface area contributed by atoms with Crippen LogP contribution in [0.4, 0.5) is 0 Å². The third-order valence-electron chi connectivity index (χ3n) is 5.46. The Kier molecular flexibility index (Phi) is 6.64. The molecule has 0 bridgehead atoms. The van der Waals surface area contributed by atoms with Crippen LogP contribution >= 0.6 is 11.3 Å². The predicted molar refractivity (Wildman–Crippen MR) is 116 cm³/mol. The molecule has 0 spiro atoms. The molecule has 1 amide bonds. The zero-order valence-corrected chi connectivity index (χ0v) is 17.2. The van der Waals surface area contributed by atoms with Crippen LogP contribution in [0, 0.1) is 5.92 Å². The van der Waals surface area contributed by atoms with Crippen LogP contribution in [0.5, 0.6) is 0 Å². The van der Waals surface area contributed by atoms with Crippen LogP contribution in [0.3, 0.4) is 0 Å². The SMILES string of the molecule is O=C(CN1CCC(Cc2cccnc2)CC1)NC(c1ccccc1)c1nccs1. The number of rotatable bonds is 7. The van der Waals surface area contributed by atoms with Gasteiger partial charge in [-0.1, -0.05) is 36.4 Å². The molecule has 1 unspecified atom stereocenters. The van der Waals surface area contributed by atoms with Crippen molar-refractivity contribution >= 4 is 17.2 Å². The smallest absolute Gasteiger partial charge is 0.235 e. The van der Waals surface area contributed by atoms with Gasteiger partial charge in [-0.15, -0.1) is 11.3 Å². The van der Waals surface area contributed by atoms with Gasteiger partial charge in [0.15, 0.2) is 0 Å². The number of aromatic nitrogens is 2. The number of hydrogen-bond acceptors (Lipinski definition) is 5. The van der Waals surface area contributed by atoms with E-state index in [2.05, 4.69) is 26.3 Å². The summed E-state index contributed by atoms with van der Waals surface area (Å²) < 4.78 is 0. The highest BCUT2D eigenvalue weighted by Gasteiger charge is 2.24. The minimum atomic E-state index is -0.188. The van der Waals surface area contributed by atoms with E-state index >= 15 is 0 Å². The number of nitrogens with zero attached hydrogens (tertiary/aromatic N) is 3. The summed E-state index contributed by atoms with van der Waals surface area (Å²) in [5, 5.41) is 6.06. The summed E-state index contributed by atoms with van der Waals surface area (Å²) >= 11 is 1.57. The summed E-state index contributed by atoms with van der Waals surface area (Å²) in [5.74, 6) is 0.727. The molecule has 150 valence electrons. The lowest BCUT2D eigenvalue weighted by molar-refractivity contribution is -0.123. The van der Waals surface area contributed by atoms with Crippen molar-refractivity contribution < 1.29 is 4.79 Å². The van der Waals surface area contributed by atoms with Gasteiger partial charge in [0.2, 0.25) is 5.91 Å². The van der Waals surface area contributed by atoms with Gasteiger partial charge >= 0.3 is 0 Å². The number of carbonyl (C=O) groups excluding carboxylic acids is 1. The third kappa shape index (κ3) is 5.49. The van der Waals surface area contributed by atoms with Crippen molar-refractivity contribution in [3.05, 3.63) is 82.6 Å². The Morgan fingerprint density at radius 2 is 1.97 bits per heavy atom. The molecule has 0 radical (unpaired) electrons. The largest absolute Gasteiger partial charge is 0.342 e. The summed E-state index contributed by atoms with van der Waals surface area (Å²) in [6.45, 7) is 2.37. The van der Waals surface area contributed by atoms with Crippen LogP contribution in [0.25, 0.3) is 0 Å². The normalized spacial score (nSPS) is 16.4. The number of likely N-dealkylation sites (tertiary alicyclic amines) is 1. The van der Waals surface area contributed by atoms with E-state index in [-0.39, 0.29) is 11.9 Å². The van der Waals surface area contributed by atoms with Gasteiger partial charge in [-0.2, -0.15) is 0 Å². The van der Waals surface area contributed by atoms with Gasteiger partial charge in [-0.25, -0.2) is 4.98 Å². The summed E-state index contributed by atoms with van der Waals surface area (Å²) in [4.78, 5) is 23.7. The Labute approximate surface area is 175 Å². The van der Waals surface area contributed by atoms with Gasteiger partial charge in [0, 0.05) is 24.0 Å². The van der Waals surface area contributed by atoms with Gasteiger partial charge in [-0.05, 0) is 55.5 Å². The molecule has 1 atom stereocenters. The predicted octanol–water partition coefficient (Wildman–Crippen LogP) is 3.70. The average molecular weight is 407 g/mol. The average Bonchev–Trinajstić information content (AvgIpc) is 3.29. The first-order valence-electron chi connectivity index (χ1n) is 10.1. The molecular weight excluding hydrogens is 380 g/mol. The van der Waals surface area contributed by atoms with E-state index in [4.69, 9.17) is 0 Å². The van der Waals surface area contributed by atoms with E-state index in [9.17, 15) is 4.79 Å². The van der Waals surface area contributed by atoms with Gasteiger partial charge in [-0.3, -0.25) is 14.7 Å². The molecule has 5 nitrogen and oxygen atoms in total. The second-order valence-electron chi connectivity index (χ2n) is 7.57. The van der Waals surface area contributed by atoms with Crippen LogP contribution in [0.1, 0.15) is 35.0 Å².